The molecule has 0 aliphatic carbocycles. The molecule has 0 unspecified atom stereocenters. The Labute approximate surface area is 87.0 Å². The van der Waals surface area contributed by atoms with Crippen LogP contribution in [0.5, 0.6) is 0 Å². The summed E-state index contributed by atoms with van der Waals surface area (Å²) in [7, 11) is 0. The van der Waals surface area contributed by atoms with Crippen LogP contribution in [0, 0.1) is 0 Å². The lowest BCUT2D eigenvalue weighted by atomic mass is 10.2. The molecule has 2 aromatic heterocycles. The van der Waals surface area contributed by atoms with Crippen LogP contribution in [-0.2, 0) is 0 Å². The first-order valence-corrected chi connectivity index (χ1v) is 5.95. The van der Waals surface area contributed by atoms with Gasteiger partial charge in [-0.05, 0) is 38.3 Å². The molecule has 0 amide bonds. The Kier molecular flexibility index (Phi) is 2.21. The van der Waals surface area contributed by atoms with Crippen LogP contribution in [0.25, 0.3) is 11.1 Å². The maximum Gasteiger partial charge on any atom is 0.0948 e. The molecule has 0 aromatic carbocycles. The lowest BCUT2D eigenvalue weighted by molar-refractivity contribution is 1.76. The van der Waals surface area contributed by atoms with Crippen molar-refractivity contribution >= 4 is 43.6 Å². The van der Waals surface area contributed by atoms with E-state index in [-0.39, 0.29) is 0 Å². The Hall–Kier alpha value is -0.320. The summed E-state index contributed by atoms with van der Waals surface area (Å²) >= 11 is 6.72. The van der Waals surface area contributed by atoms with Crippen LogP contribution in [0.3, 0.4) is 0 Å². The van der Waals surface area contributed by atoms with Crippen molar-refractivity contribution in [1.29, 1.82) is 0 Å². The molecular weight excluding hydrogens is 254 g/mol. The van der Waals surface area contributed by atoms with Gasteiger partial charge in [0.2, 0.25) is 0 Å². The highest BCUT2D eigenvalue weighted by Crippen LogP contribution is 2.39. The number of halogens is 1. The molecule has 2 N–H and O–H groups in total. The number of nitrogens with two attached hydrogens (primary N) is 1. The van der Waals surface area contributed by atoms with Gasteiger partial charge in [-0.2, -0.15) is 11.3 Å². The number of hydrogen-bond donors (Lipinski definition) is 1. The Morgan fingerprint density at radius 1 is 1.33 bits per heavy atom. The molecule has 2 rings (SSSR count). The van der Waals surface area contributed by atoms with Crippen LogP contribution in [0.4, 0.5) is 5.00 Å². The van der Waals surface area contributed by atoms with E-state index in [0.717, 1.165) is 15.0 Å². The second-order valence-electron chi connectivity index (χ2n) is 2.33. The molecular formula is C8H6BrNS2. The SMILES string of the molecule is Nc1scc(Br)c1-c1ccsc1. The summed E-state index contributed by atoms with van der Waals surface area (Å²) in [4.78, 5) is 0. The Bertz CT molecular complexity index is 358. The standard InChI is InChI=1S/C8H6BrNS2/c9-6-4-12-8(10)7(6)5-1-2-11-3-5/h1-4H,10H2. The summed E-state index contributed by atoms with van der Waals surface area (Å²) < 4.78 is 1.09. The van der Waals surface area contributed by atoms with Gasteiger partial charge in [0, 0.05) is 15.4 Å². The van der Waals surface area contributed by atoms with Crippen molar-refractivity contribution in [2.45, 2.75) is 0 Å². The highest BCUT2D eigenvalue weighted by molar-refractivity contribution is 9.10. The van der Waals surface area contributed by atoms with Crippen molar-refractivity contribution in [3.8, 4) is 11.1 Å². The van der Waals surface area contributed by atoms with Crippen LogP contribution in [0.15, 0.2) is 26.7 Å². The van der Waals surface area contributed by atoms with Gasteiger partial charge >= 0.3 is 0 Å². The summed E-state index contributed by atoms with van der Waals surface area (Å²) in [6, 6.07) is 2.08. The number of hydrogen-bond acceptors (Lipinski definition) is 3. The van der Waals surface area contributed by atoms with E-state index in [1.807, 2.05) is 5.38 Å². The van der Waals surface area contributed by atoms with Crippen LogP contribution in [0.2, 0.25) is 0 Å². The predicted octanol–water partition coefficient (Wildman–Crippen LogP) is 3.82. The van der Waals surface area contributed by atoms with E-state index in [2.05, 4.69) is 32.8 Å². The molecule has 0 aliphatic heterocycles. The average Bonchev–Trinajstić information content (AvgIpc) is 2.61. The second kappa shape index (κ2) is 3.20. The number of anilines is 1. The van der Waals surface area contributed by atoms with Gasteiger partial charge in [-0.25, -0.2) is 0 Å². The molecule has 0 spiro atoms. The third kappa shape index (κ3) is 1.30. The molecule has 0 radical (unpaired) electrons. The Morgan fingerprint density at radius 3 is 2.67 bits per heavy atom. The van der Waals surface area contributed by atoms with Crippen molar-refractivity contribution in [3.05, 3.63) is 26.7 Å². The van der Waals surface area contributed by atoms with Gasteiger partial charge in [-0.15, -0.1) is 11.3 Å². The third-order valence-corrected chi connectivity index (χ3v) is 4.01. The monoisotopic (exact) mass is 259 g/mol. The number of nitrogen functional groups attached to an aromatic ring is 1. The van der Waals surface area contributed by atoms with Crippen molar-refractivity contribution in [2.24, 2.45) is 0 Å². The normalized spacial score (nSPS) is 10.4. The van der Waals surface area contributed by atoms with E-state index >= 15 is 0 Å². The first-order valence-electron chi connectivity index (χ1n) is 3.34. The van der Waals surface area contributed by atoms with Crippen molar-refractivity contribution < 1.29 is 0 Å². The molecule has 1 nitrogen and oxygen atoms in total. The zero-order valence-corrected chi connectivity index (χ0v) is 9.30. The molecule has 12 heavy (non-hydrogen) atoms. The highest BCUT2D eigenvalue weighted by atomic mass is 79.9. The van der Waals surface area contributed by atoms with Crippen molar-refractivity contribution in [1.82, 2.24) is 0 Å². The van der Waals surface area contributed by atoms with Crippen LogP contribution < -0.4 is 5.73 Å². The zero-order valence-electron chi connectivity index (χ0n) is 6.08. The largest absolute Gasteiger partial charge is 0.390 e. The van der Waals surface area contributed by atoms with Crippen LogP contribution in [0.1, 0.15) is 0 Å². The van der Waals surface area contributed by atoms with E-state index in [0.29, 0.717) is 0 Å². The summed E-state index contributed by atoms with van der Waals surface area (Å²) in [6.07, 6.45) is 0. The summed E-state index contributed by atoms with van der Waals surface area (Å²) in [6.45, 7) is 0. The molecule has 2 heterocycles. The van der Waals surface area contributed by atoms with Crippen LogP contribution in [-0.4, -0.2) is 0 Å². The van der Waals surface area contributed by atoms with Gasteiger partial charge in [-0.3, -0.25) is 0 Å². The molecule has 0 saturated carbocycles. The summed E-state index contributed by atoms with van der Waals surface area (Å²) in [5.41, 5.74) is 8.15. The summed E-state index contributed by atoms with van der Waals surface area (Å²) in [5, 5.41) is 7.05. The fourth-order valence-corrected chi connectivity index (χ4v) is 3.23. The van der Waals surface area contributed by atoms with Crippen LogP contribution >= 0.6 is 38.6 Å². The zero-order chi connectivity index (χ0) is 8.55. The minimum absolute atomic E-state index is 0.875. The molecule has 0 bridgehead atoms. The molecule has 0 fully saturated rings. The van der Waals surface area contributed by atoms with E-state index in [4.69, 9.17) is 5.73 Å². The maximum atomic E-state index is 5.83. The molecule has 0 aliphatic rings. The van der Waals surface area contributed by atoms with E-state index < -0.39 is 0 Å². The molecule has 62 valence electrons. The second-order valence-corrected chi connectivity index (χ2v) is 4.88. The van der Waals surface area contributed by atoms with Gasteiger partial charge < -0.3 is 5.73 Å². The topological polar surface area (TPSA) is 26.0 Å². The lowest BCUT2D eigenvalue weighted by Crippen LogP contribution is -1.81. The fourth-order valence-electron chi connectivity index (χ4n) is 1.04. The quantitative estimate of drug-likeness (QED) is 0.828. The van der Waals surface area contributed by atoms with Crippen molar-refractivity contribution in [3.63, 3.8) is 0 Å². The lowest BCUT2D eigenvalue weighted by Gasteiger charge is -1.95. The predicted molar refractivity (Wildman–Crippen MR) is 59.7 cm³/mol. The molecule has 0 atom stereocenters. The Morgan fingerprint density at radius 2 is 2.17 bits per heavy atom. The minimum Gasteiger partial charge on any atom is -0.390 e. The first kappa shape index (κ1) is 8.29. The smallest absolute Gasteiger partial charge is 0.0948 e. The van der Waals surface area contributed by atoms with Gasteiger partial charge in [0.25, 0.3) is 0 Å². The van der Waals surface area contributed by atoms with Gasteiger partial charge in [0.05, 0.1) is 5.00 Å². The third-order valence-electron chi connectivity index (χ3n) is 1.58. The van der Waals surface area contributed by atoms with Gasteiger partial charge in [0.15, 0.2) is 0 Å². The molecule has 4 heteroatoms. The molecule has 0 saturated heterocycles. The van der Waals surface area contributed by atoms with E-state index in [1.165, 1.54) is 5.56 Å². The van der Waals surface area contributed by atoms with E-state index in [1.54, 1.807) is 22.7 Å². The van der Waals surface area contributed by atoms with Crippen molar-refractivity contribution in [2.75, 3.05) is 5.73 Å². The van der Waals surface area contributed by atoms with E-state index in [9.17, 15) is 0 Å². The first-order chi connectivity index (χ1) is 5.79. The number of thiophene rings is 2. The highest BCUT2D eigenvalue weighted by Gasteiger charge is 2.08. The molecule has 2 aromatic rings. The Balaban J connectivity index is 2.60. The van der Waals surface area contributed by atoms with Gasteiger partial charge in [-0.1, -0.05) is 0 Å². The maximum absolute atomic E-state index is 5.83. The van der Waals surface area contributed by atoms with Gasteiger partial charge in [0.1, 0.15) is 0 Å². The number of rotatable bonds is 1. The minimum atomic E-state index is 0.875. The summed E-state index contributed by atoms with van der Waals surface area (Å²) in [5.74, 6) is 0. The average molecular weight is 260 g/mol. The fraction of sp³-hybridized carbons (Fsp3) is 0.